The Bertz CT molecular complexity index is 743. The molecule has 3 rings (SSSR count). The molecule has 1 saturated heterocycles. The summed E-state index contributed by atoms with van der Waals surface area (Å²) in [5.41, 5.74) is 6.55. The normalized spacial score (nSPS) is 25.0. The van der Waals surface area contributed by atoms with Gasteiger partial charge in [-0.2, -0.15) is 0 Å². The van der Waals surface area contributed by atoms with Crippen LogP contribution in [0.15, 0.2) is 17.0 Å². The third-order valence-corrected chi connectivity index (χ3v) is 5.51. The van der Waals surface area contributed by atoms with Crippen LogP contribution < -0.4 is 10.6 Å². The molecule has 1 fully saturated rings. The van der Waals surface area contributed by atoms with Crippen molar-refractivity contribution in [2.75, 3.05) is 24.2 Å². The second kappa shape index (κ2) is 4.92. The molecule has 1 aromatic rings. The summed E-state index contributed by atoms with van der Waals surface area (Å²) in [7, 11) is -3.56. The van der Waals surface area contributed by atoms with E-state index in [0.717, 1.165) is 6.26 Å². The molecule has 0 bridgehead atoms. The quantitative estimate of drug-likeness (QED) is 0.809. The van der Waals surface area contributed by atoms with E-state index in [4.69, 9.17) is 5.73 Å². The van der Waals surface area contributed by atoms with E-state index < -0.39 is 22.1 Å². The maximum Gasteiger partial charge on any atom is 0.224 e. The lowest BCUT2D eigenvalue weighted by Crippen LogP contribution is -2.52. The van der Waals surface area contributed by atoms with Gasteiger partial charge in [0.2, 0.25) is 5.91 Å². The van der Waals surface area contributed by atoms with E-state index in [2.05, 4.69) is 0 Å². The minimum atomic E-state index is -3.56. The van der Waals surface area contributed by atoms with E-state index in [1.54, 1.807) is 6.07 Å². The fourth-order valence-corrected chi connectivity index (χ4v) is 4.09. The molecule has 1 aromatic carbocycles. The van der Waals surface area contributed by atoms with Crippen molar-refractivity contribution in [1.29, 1.82) is 0 Å². The van der Waals surface area contributed by atoms with Crippen LogP contribution in [0.25, 0.3) is 0 Å². The zero-order valence-electron chi connectivity index (χ0n) is 12.0. The number of primary amides is 1. The van der Waals surface area contributed by atoms with Crippen LogP contribution in [0.2, 0.25) is 0 Å². The molecule has 0 radical (unpaired) electrons. The molecule has 0 spiro atoms. The smallest absolute Gasteiger partial charge is 0.224 e. The van der Waals surface area contributed by atoms with Gasteiger partial charge in [0.1, 0.15) is 12.3 Å². The van der Waals surface area contributed by atoms with Gasteiger partial charge in [-0.3, -0.25) is 4.79 Å². The van der Waals surface area contributed by atoms with Crippen molar-refractivity contribution >= 4 is 21.4 Å². The van der Waals surface area contributed by atoms with Crippen LogP contribution in [0.5, 0.6) is 0 Å². The number of anilines is 1. The molecule has 1 heterocycles. The van der Waals surface area contributed by atoms with Crippen LogP contribution >= 0.6 is 0 Å². The Hall–Kier alpha value is -1.67. The Morgan fingerprint density at radius 3 is 2.59 bits per heavy atom. The molecule has 22 heavy (non-hydrogen) atoms. The average molecular weight is 328 g/mol. The molecule has 2 atom stereocenters. The number of aliphatic hydroxyl groups is 1. The van der Waals surface area contributed by atoms with Crippen LogP contribution in [-0.2, 0) is 21.1 Å². The van der Waals surface area contributed by atoms with Crippen LogP contribution in [0, 0.1) is 5.92 Å². The molecule has 6 nitrogen and oxygen atoms in total. The molecule has 1 aliphatic carbocycles. The summed E-state index contributed by atoms with van der Waals surface area (Å²) < 4.78 is 37.6. The van der Waals surface area contributed by atoms with Gasteiger partial charge in [-0.25, -0.2) is 12.8 Å². The number of hydrogen-bond donors (Lipinski definition) is 2. The van der Waals surface area contributed by atoms with E-state index in [1.807, 2.05) is 4.90 Å². The topological polar surface area (TPSA) is 101 Å². The Balaban J connectivity index is 2.04. The van der Waals surface area contributed by atoms with Crippen LogP contribution in [0.3, 0.4) is 0 Å². The lowest BCUT2D eigenvalue weighted by Gasteiger charge is -2.40. The van der Waals surface area contributed by atoms with Gasteiger partial charge in [0.05, 0.1) is 10.8 Å². The van der Waals surface area contributed by atoms with Gasteiger partial charge >= 0.3 is 0 Å². The summed E-state index contributed by atoms with van der Waals surface area (Å²) in [5, 5.41) is 10.00. The van der Waals surface area contributed by atoms with Crippen molar-refractivity contribution in [2.24, 2.45) is 11.7 Å². The van der Waals surface area contributed by atoms with Crippen LogP contribution in [-0.4, -0.2) is 44.9 Å². The van der Waals surface area contributed by atoms with Crippen LogP contribution in [0.1, 0.15) is 17.2 Å². The third kappa shape index (κ3) is 2.26. The van der Waals surface area contributed by atoms with Crippen molar-refractivity contribution in [3.63, 3.8) is 0 Å². The number of carbonyl (C=O) groups excluding carboxylic acids is 1. The van der Waals surface area contributed by atoms with Gasteiger partial charge in [-0.1, -0.05) is 0 Å². The molecule has 0 aromatic heterocycles. The third-order valence-electron chi connectivity index (χ3n) is 4.35. The zero-order valence-corrected chi connectivity index (χ0v) is 12.8. The average Bonchev–Trinajstić information content (AvgIpc) is 2.63. The summed E-state index contributed by atoms with van der Waals surface area (Å²) in [6.45, 7) is 0.847. The molecule has 2 aliphatic rings. The maximum absolute atomic E-state index is 13.9. The maximum atomic E-state index is 13.9. The number of fused-ring (bicyclic) bond motifs is 1. The first kappa shape index (κ1) is 15.2. The van der Waals surface area contributed by atoms with Gasteiger partial charge in [-0.05, 0) is 17.7 Å². The van der Waals surface area contributed by atoms with Crippen molar-refractivity contribution in [3.05, 3.63) is 23.3 Å². The van der Waals surface area contributed by atoms with Gasteiger partial charge in [0.25, 0.3) is 0 Å². The van der Waals surface area contributed by atoms with Crippen molar-refractivity contribution in [2.45, 2.75) is 23.6 Å². The predicted molar refractivity (Wildman–Crippen MR) is 78.0 cm³/mol. The summed E-state index contributed by atoms with van der Waals surface area (Å²) in [4.78, 5) is 12.9. The number of benzene rings is 1. The standard InChI is InChI=1S/C14H17FN2O4S/c1-22(20,21)11-3-2-10(17-5-7(6-17)14(16)19)8-4-9(15)13(18)12(8)11/h2-3,7,9,13,18H,4-6H2,1H3,(H2,16,19)/t9?,13-/m1/s1. The number of nitrogens with zero attached hydrogens (tertiary/aromatic N) is 1. The molecular formula is C14H17FN2O4S. The number of halogens is 1. The molecule has 1 aliphatic heterocycles. The van der Waals surface area contributed by atoms with E-state index in [-0.39, 0.29) is 28.7 Å². The van der Waals surface area contributed by atoms with Gasteiger partial charge in [0.15, 0.2) is 9.84 Å². The fraction of sp³-hybridized carbons (Fsp3) is 0.500. The summed E-state index contributed by atoms with van der Waals surface area (Å²) in [5.74, 6) is -0.637. The largest absolute Gasteiger partial charge is 0.385 e. The number of aliphatic hydroxyl groups excluding tert-OH is 1. The zero-order chi connectivity index (χ0) is 16.2. The lowest BCUT2D eigenvalue weighted by atomic mass is 9.96. The number of rotatable bonds is 3. The Kier molecular flexibility index (Phi) is 3.41. The number of nitrogens with two attached hydrogens (primary N) is 1. The highest BCUT2D eigenvalue weighted by Crippen LogP contribution is 2.43. The second-order valence-corrected chi connectivity index (χ2v) is 7.90. The number of hydrogen-bond acceptors (Lipinski definition) is 5. The highest BCUT2D eigenvalue weighted by atomic mass is 32.2. The number of alkyl halides is 1. The number of sulfone groups is 1. The number of amides is 1. The summed E-state index contributed by atoms with van der Waals surface area (Å²) in [6.07, 6.45) is -1.96. The first-order chi connectivity index (χ1) is 10.2. The second-order valence-electron chi connectivity index (χ2n) is 5.92. The molecular weight excluding hydrogens is 311 g/mol. The molecule has 120 valence electrons. The first-order valence-electron chi connectivity index (χ1n) is 6.92. The summed E-state index contributed by atoms with van der Waals surface area (Å²) in [6, 6.07) is 3.00. The first-order valence-corrected chi connectivity index (χ1v) is 8.81. The molecule has 0 saturated carbocycles. The van der Waals surface area contributed by atoms with Gasteiger partial charge in [-0.15, -0.1) is 0 Å². The number of carbonyl (C=O) groups is 1. The van der Waals surface area contributed by atoms with Crippen molar-refractivity contribution in [1.82, 2.24) is 0 Å². The minimum Gasteiger partial charge on any atom is -0.385 e. The Morgan fingerprint density at radius 1 is 1.41 bits per heavy atom. The Labute approximate surface area is 127 Å². The molecule has 1 unspecified atom stereocenters. The van der Waals surface area contributed by atoms with Gasteiger partial charge in [0, 0.05) is 37.0 Å². The lowest BCUT2D eigenvalue weighted by molar-refractivity contribution is -0.122. The van der Waals surface area contributed by atoms with E-state index in [9.17, 15) is 22.7 Å². The Morgan fingerprint density at radius 2 is 2.05 bits per heavy atom. The van der Waals surface area contributed by atoms with Gasteiger partial charge < -0.3 is 15.7 Å². The van der Waals surface area contributed by atoms with E-state index in [0.29, 0.717) is 24.3 Å². The minimum absolute atomic E-state index is 0.0348. The van der Waals surface area contributed by atoms with Crippen molar-refractivity contribution in [3.8, 4) is 0 Å². The molecule has 8 heteroatoms. The fourth-order valence-electron chi connectivity index (χ4n) is 3.13. The van der Waals surface area contributed by atoms with Crippen LogP contribution in [0.4, 0.5) is 10.1 Å². The van der Waals surface area contributed by atoms with E-state index in [1.165, 1.54) is 6.07 Å². The SMILES string of the molecule is CS(=O)(=O)c1ccc(N2CC(C(N)=O)C2)c2c1[C@H](O)C(F)C2. The molecule has 1 amide bonds. The highest BCUT2D eigenvalue weighted by Gasteiger charge is 2.40. The highest BCUT2D eigenvalue weighted by molar-refractivity contribution is 7.90. The summed E-state index contributed by atoms with van der Waals surface area (Å²) >= 11 is 0. The predicted octanol–water partition coefficient (Wildman–Crippen LogP) is -0.0608. The monoisotopic (exact) mass is 328 g/mol. The molecule has 3 N–H and O–H groups in total. The van der Waals surface area contributed by atoms with E-state index >= 15 is 0 Å². The van der Waals surface area contributed by atoms with Crippen molar-refractivity contribution < 1.29 is 22.7 Å².